The molecule has 25 heavy (non-hydrogen) atoms. The molecule has 5 heteroatoms. The Balaban J connectivity index is 1.44. The Morgan fingerprint density at radius 3 is 2.20 bits per heavy atom. The molecule has 1 aliphatic carbocycles. The summed E-state index contributed by atoms with van der Waals surface area (Å²) in [6.45, 7) is 8.14. The number of piperazine rings is 1. The molecule has 4 nitrogen and oxygen atoms in total. The van der Waals surface area contributed by atoms with Crippen LogP contribution in [0, 0.1) is 11.7 Å². The number of anilines is 1. The first-order chi connectivity index (χ1) is 12.0. The van der Waals surface area contributed by atoms with Crippen LogP contribution >= 0.6 is 0 Å². The van der Waals surface area contributed by atoms with Crippen molar-refractivity contribution in [3.05, 3.63) is 30.1 Å². The van der Waals surface area contributed by atoms with Gasteiger partial charge in [-0.1, -0.05) is 0 Å². The fourth-order valence-electron chi connectivity index (χ4n) is 3.98. The van der Waals surface area contributed by atoms with Crippen molar-refractivity contribution < 1.29 is 9.18 Å². The van der Waals surface area contributed by atoms with Crippen molar-refractivity contribution in [1.29, 1.82) is 0 Å². The lowest BCUT2D eigenvalue weighted by atomic mass is 9.85. The van der Waals surface area contributed by atoms with Gasteiger partial charge in [0.05, 0.1) is 0 Å². The first kappa shape index (κ1) is 18.2. The summed E-state index contributed by atoms with van der Waals surface area (Å²) in [5.41, 5.74) is 0.959. The minimum atomic E-state index is -0.211. The SMILES string of the molecule is CC(C)N1CCN(C(=O)[C@H]2CC[C@@H](Nc3ccc(F)cc3)CC2)CC1. The van der Waals surface area contributed by atoms with E-state index in [1.165, 1.54) is 12.1 Å². The fourth-order valence-corrected chi connectivity index (χ4v) is 3.98. The lowest BCUT2D eigenvalue weighted by molar-refractivity contribution is -0.138. The minimum Gasteiger partial charge on any atom is -0.382 e. The first-order valence-electron chi connectivity index (χ1n) is 9.58. The van der Waals surface area contributed by atoms with Gasteiger partial charge in [0.1, 0.15) is 5.82 Å². The topological polar surface area (TPSA) is 35.6 Å². The zero-order chi connectivity index (χ0) is 17.8. The number of carbonyl (C=O) groups is 1. The van der Waals surface area contributed by atoms with Crippen molar-refractivity contribution >= 4 is 11.6 Å². The van der Waals surface area contributed by atoms with Gasteiger partial charge in [0.2, 0.25) is 5.91 Å². The third kappa shape index (κ3) is 4.72. The number of amides is 1. The summed E-state index contributed by atoms with van der Waals surface area (Å²) in [6, 6.07) is 7.46. The van der Waals surface area contributed by atoms with Gasteiger partial charge in [0.15, 0.2) is 0 Å². The molecule has 0 aromatic heterocycles. The van der Waals surface area contributed by atoms with Gasteiger partial charge in [0.25, 0.3) is 0 Å². The Morgan fingerprint density at radius 1 is 1.04 bits per heavy atom. The zero-order valence-corrected chi connectivity index (χ0v) is 15.4. The second-order valence-corrected chi connectivity index (χ2v) is 7.65. The molecule has 0 unspecified atom stereocenters. The maximum Gasteiger partial charge on any atom is 0.225 e. The number of hydrogen-bond acceptors (Lipinski definition) is 3. The van der Waals surface area contributed by atoms with Crippen molar-refractivity contribution in [2.75, 3.05) is 31.5 Å². The molecule has 1 N–H and O–H groups in total. The molecule has 1 heterocycles. The quantitative estimate of drug-likeness (QED) is 0.907. The smallest absolute Gasteiger partial charge is 0.225 e. The van der Waals surface area contributed by atoms with Gasteiger partial charge in [-0.2, -0.15) is 0 Å². The minimum absolute atomic E-state index is 0.178. The van der Waals surface area contributed by atoms with Gasteiger partial charge in [-0.3, -0.25) is 9.69 Å². The second-order valence-electron chi connectivity index (χ2n) is 7.65. The number of benzene rings is 1. The molecule has 0 radical (unpaired) electrons. The van der Waals surface area contributed by atoms with Crippen LogP contribution in [-0.4, -0.2) is 54.0 Å². The summed E-state index contributed by atoms with van der Waals surface area (Å²) in [6.07, 6.45) is 3.89. The standard InChI is InChI=1S/C20H30FN3O/c1-15(2)23-11-13-24(14-12-23)20(25)16-3-7-18(8-4-16)22-19-9-5-17(21)6-10-19/h5-6,9-10,15-16,18,22H,3-4,7-8,11-14H2,1-2H3/t16-,18+. The number of nitrogens with zero attached hydrogens (tertiary/aromatic N) is 2. The van der Waals surface area contributed by atoms with Gasteiger partial charge in [0, 0.05) is 49.9 Å². The predicted octanol–water partition coefficient (Wildman–Crippen LogP) is 3.35. The summed E-state index contributed by atoms with van der Waals surface area (Å²) in [5, 5.41) is 3.47. The van der Waals surface area contributed by atoms with E-state index in [9.17, 15) is 9.18 Å². The Bertz CT molecular complexity index is 559. The van der Waals surface area contributed by atoms with E-state index in [4.69, 9.17) is 0 Å². The van der Waals surface area contributed by atoms with Crippen molar-refractivity contribution in [3.63, 3.8) is 0 Å². The number of halogens is 1. The molecule has 1 aromatic rings. The molecular weight excluding hydrogens is 317 g/mol. The van der Waals surface area contributed by atoms with Gasteiger partial charge < -0.3 is 10.2 Å². The highest BCUT2D eigenvalue weighted by Crippen LogP contribution is 2.28. The highest BCUT2D eigenvalue weighted by molar-refractivity contribution is 5.79. The average molecular weight is 347 g/mol. The predicted molar refractivity (Wildman–Crippen MR) is 99.1 cm³/mol. The molecule has 1 saturated carbocycles. The Hall–Kier alpha value is -1.62. The van der Waals surface area contributed by atoms with Crippen LogP contribution in [0.15, 0.2) is 24.3 Å². The van der Waals surface area contributed by atoms with E-state index in [0.29, 0.717) is 18.0 Å². The summed E-state index contributed by atoms with van der Waals surface area (Å²) in [5.74, 6) is 0.318. The average Bonchev–Trinajstić information content (AvgIpc) is 2.64. The van der Waals surface area contributed by atoms with E-state index in [1.54, 1.807) is 12.1 Å². The molecule has 1 amide bonds. The van der Waals surface area contributed by atoms with Crippen LogP contribution in [0.4, 0.5) is 10.1 Å². The van der Waals surface area contributed by atoms with Crippen LogP contribution in [-0.2, 0) is 4.79 Å². The van der Waals surface area contributed by atoms with Crippen molar-refractivity contribution in [1.82, 2.24) is 9.80 Å². The van der Waals surface area contributed by atoms with Gasteiger partial charge in [-0.05, 0) is 63.8 Å². The third-order valence-corrected chi connectivity index (χ3v) is 5.65. The molecule has 1 saturated heterocycles. The van der Waals surface area contributed by atoms with Crippen LogP contribution in [0.3, 0.4) is 0 Å². The lowest BCUT2D eigenvalue weighted by Crippen LogP contribution is -2.52. The normalized spacial score (nSPS) is 25.2. The van der Waals surface area contributed by atoms with Gasteiger partial charge in [-0.15, -0.1) is 0 Å². The lowest BCUT2D eigenvalue weighted by Gasteiger charge is -2.39. The molecular formula is C20H30FN3O. The number of nitrogens with one attached hydrogen (secondary N) is 1. The number of carbonyl (C=O) groups excluding carboxylic acids is 1. The van der Waals surface area contributed by atoms with Crippen LogP contribution in [0.2, 0.25) is 0 Å². The number of hydrogen-bond donors (Lipinski definition) is 1. The fraction of sp³-hybridized carbons (Fsp3) is 0.650. The Labute approximate surface area is 150 Å². The maximum absolute atomic E-state index is 13.0. The van der Waals surface area contributed by atoms with E-state index >= 15 is 0 Å². The summed E-state index contributed by atoms with van der Waals surface area (Å²) < 4.78 is 13.0. The third-order valence-electron chi connectivity index (χ3n) is 5.65. The molecule has 1 aliphatic heterocycles. The largest absolute Gasteiger partial charge is 0.382 e. The molecule has 2 fully saturated rings. The maximum atomic E-state index is 13.0. The Kier molecular flexibility index (Phi) is 5.94. The van der Waals surface area contributed by atoms with Crippen molar-refractivity contribution in [3.8, 4) is 0 Å². The van der Waals surface area contributed by atoms with Crippen LogP contribution < -0.4 is 5.32 Å². The van der Waals surface area contributed by atoms with Crippen LogP contribution in [0.5, 0.6) is 0 Å². The molecule has 0 atom stereocenters. The van der Waals surface area contributed by atoms with Gasteiger partial charge >= 0.3 is 0 Å². The van der Waals surface area contributed by atoms with Crippen molar-refractivity contribution in [2.45, 2.75) is 51.6 Å². The zero-order valence-electron chi connectivity index (χ0n) is 15.4. The number of rotatable bonds is 4. The molecule has 138 valence electrons. The van der Waals surface area contributed by atoms with E-state index in [0.717, 1.165) is 57.5 Å². The second kappa shape index (κ2) is 8.17. The van der Waals surface area contributed by atoms with E-state index in [-0.39, 0.29) is 11.7 Å². The summed E-state index contributed by atoms with van der Waals surface area (Å²) >= 11 is 0. The molecule has 0 bridgehead atoms. The monoisotopic (exact) mass is 347 g/mol. The Morgan fingerprint density at radius 2 is 1.64 bits per heavy atom. The first-order valence-corrected chi connectivity index (χ1v) is 9.58. The highest BCUT2D eigenvalue weighted by atomic mass is 19.1. The van der Waals surface area contributed by atoms with E-state index < -0.39 is 0 Å². The van der Waals surface area contributed by atoms with Gasteiger partial charge in [-0.25, -0.2) is 4.39 Å². The summed E-state index contributed by atoms with van der Waals surface area (Å²) in [4.78, 5) is 17.3. The summed E-state index contributed by atoms with van der Waals surface area (Å²) in [7, 11) is 0. The van der Waals surface area contributed by atoms with E-state index in [2.05, 4.69) is 29.0 Å². The van der Waals surface area contributed by atoms with Crippen LogP contribution in [0.1, 0.15) is 39.5 Å². The molecule has 1 aromatic carbocycles. The molecule has 3 rings (SSSR count). The van der Waals surface area contributed by atoms with E-state index in [1.807, 2.05) is 0 Å². The molecule has 0 spiro atoms. The highest BCUT2D eigenvalue weighted by Gasteiger charge is 2.31. The van der Waals surface area contributed by atoms with Crippen LogP contribution in [0.25, 0.3) is 0 Å². The van der Waals surface area contributed by atoms with Crippen molar-refractivity contribution in [2.24, 2.45) is 5.92 Å². The molecule has 2 aliphatic rings.